The summed E-state index contributed by atoms with van der Waals surface area (Å²) in [5, 5.41) is 2.08. The predicted molar refractivity (Wildman–Crippen MR) is 102 cm³/mol. The Bertz CT molecular complexity index is 881. The molecule has 3 aromatic rings. The average Bonchev–Trinajstić information content (AvgIpc) is 3.26. The monoisotopic (exact) mass is 371 g/mol. The maximum Gasteiger partial charge on any atom is 0.410 e. The van der Waals surface area contributed by atoms with Gasteiger partial charge in [-0.15, -0.1) is 11.3 Å². The number of imidazole rings is 1. The number of benzene rings is 1. The molecule has 0 aliphatic carbocycles. The molecular weight excluding hydrogens is 348 g/mol. The third kappa shape index (κ3) is 3.32. The van der Waals surface area contributed by atoms with Crippen molar-refractivity contribution in [2.24, 2.45) is 0 Å². The number of hydrogen-bond acceptors (Lipinski definition) is 4. The molecule has 1 amide bonds. The largest absolute Gasteiger partial charge is 0.450 e. The Morgan fingerprint density at radius 1 is 1.27 bits per heavy atom. The van der Waals surface area contributed by atoms with Gasteiger partial charge in [-0.05, 0) is 6.92 Å². The quantitative estimate of drug-likeness (QED) is 0.762. The van der Waals surface area contributed by atoms with Crippen molar-refractivity contribution in [3.05, 3.63) is 47.6 Å². The van der Waals surface area contributed by atoms with Gasteiger partial charge in [0.2, 0.25) is 0 Å². The predicted octanol–water partition coefficient (Wildman–Crippen LogP) is 1.92. The van der Waals surface area contributed by atoms with E-state index in [0.717, 1.165) is 48.9 Å². The SMILES string of the molecule is CCOC(=O)N1CC[NH+](Cc2c(-c3ccccc3)nc3sccn23)CC1. The zero-order valence-electron chi connectivity index (χ0n) is 14.9. The highest BCUT2D eigenvalue weighted by molar-refractivity contribution is 7.15. The van der Waals surface area contributed by atoms with Crippen molar-refractivity contribution in [2.75, 3.05) is 32.8 Å². The summed E-state index contributed by atoms with van der Waals surface area (Å²) in [5.41, 5.74) is 3.47. The third-order valence-corrected chi connectivity index (χ3v) is 5.58. The van der Waals surface area contributed by atoms with Crippen LogP contribution in [0.2, 0.25) is 0 Å². The second-order valence-electron chi connectivity index (χ2n) is 6.44. The minimum atomic E-state index is -0.193. The summed E-state index contributed by atoms with van der Waals surface area (Å²) in [5.74, 6) is 0. The molecule has 1 fully saturated rings. The van der Waals surface area contributed by atoms with Gasteiger partial charge in [-0.25, -0.2) is 9.78 Å². The number of nitrogens with one attached hydrogen (secondary N) is 1. The third-order valence-electron chi connectivity index (χ3n) is 4.82. The van der Waals surface area contributed by atoms with Gasteiger partial charge in [0.15, 0.2) is 4.96 Å². The van der Waals surface area contributed by atoms with Gasteiger partial charge in [0.25, 0.3) is 0 Å². The normalized spacial score (nSPS) is 15.5. The van der Waals surface area contributed by atoms with Crippen LogP contribution in [-0.4, -0.2) is 53.2 Å². The number of fused-ring (bicyclic) bond motifs is 1. The van der Waals surface area contributed by atoms with Crippen LogP contribution in [-0.2, 0) is 11.3 Å². The molecule has 1 saturated heterocycles. The van der Waals surface area contributed by atoms with Crippen LogP contribution in [0.3, 0.4) is 0 Å². The zero-order valence-corrected chi connectivity index (χ0v) is 15.7. The van der Waals surface area contributed by atoms with E-state index < -0.39 is 0 Å². The Balaban J connectivity index is 1.53. The van der Waals surface area contributed by atoms with E-state index >= 15 is 0 Å². The zero-order chi connectivity index (χ0) is 17.9. The number of aromatic nitrogens is 2. The lowest BCUT2D eigenvalue weighted by atomic mass is 10.1. The van der Waals surface area contributed by atoms with Gasteiger partial charge in [-0.3, -0.25) is 9.30 Å². The molecule has 6 nitrogen and oxygen atoms in total. The van der Waals surface area contributed by atoms with Gasteiger partial charge < -0.3 is 9.64 Å². The fourth-order valence-electron chi connectivity index (χ4n) is 3.46. The Kier molecular flexibility index (Phi) is 4.90. The van der Waals surface area contributed by atoms with E-state index in [1.807, 2.05) is 17.9 Å². The van der Waals surface area contributed by atoms with E-state index in [0.29, 0.717) is 6.61 Å². The van der Waals surface area contributed by atoms with E-state index in [1.54, 1.807) is 11.3 Å². The topological polar surface area (TPSA) is 51.3 Å². The molecule has 4 rings (SSSR count). The molecule has 1 aliphatic rings. The van der Waals surface area contributed by atoms with Gasteiger partial charge in [-0.2, -0.15) is 0 Å². The Morgan fingerprint density at radius 3 is 2.77 bits per heavy atom. The number of ether oxygens (including phenoxy) is 1. The fourth-order valence-corrected chi connectivity index (χ4v) is 4.20. The first-order valence-corrected chi connectivity index (χ1v) is 9.89. The lowest BCUT2D eigenvalue weighted by molar-refractivity contribution is -0.917. The van der Waals surface area contributed by atoms with Crippen molar-refractivity contribution in [3.8, 4) is 11.3 Å². The fraction of sp³-hybridized carbons (Fsp3) is 0.368. The number of rotatable bonds is 4. The van der Waals surface area contributed by atoms with Gasteiger partial charge in [0.1, 0.15) is 12.2 Å². The van der Waals surface area contributed by atoms with Gasteiger partial charge in [-0.1, -0.05) is 30.3 Å². The summed E-state index contributed by atoms with van der Waals surface area (Å²) in [6, 6.07) is 10.4. The molecule has 0 atom stereocenters. The molecule has 7 heteroatoms. The first-order chi connectivity index (χ1) is 12.8. The first kappa shape index (κ1) is 17.1. The van der Waals surface area contributed by atoms with Gasteiger partial charge >= 0.3 is 6.09 Å². The molecule has 136 valence electrons. The lowest BCUT2D eigenvalue weighted by Crippen LogP contribution is -3.13. The Morgan fingerprint density at radius 2 is 2.04 bits per heavy atom. The summed E-state index contributed by atoms with van der Waals surface area (Å²) < 4.78 is 7.32. The Hall–Kier alpha value is -2.38. The first-order valence-electron chi connectivity index (χ1n) is 9.01. The summed E-state index contributed by atoms with van der Waals surface area (Å²) in [6.45, 7) is 6.49. The molecule has 1 aromatic carbocycles. The smallest absolute Gasteiger partial charge is 0.410 e. The molecule has 0 spiro atoms. The van der Waals surface area contributed by atoms with Crippen molar-refractivity contribution in [3.63, 3.8) is 0 Å². The molecule has 1 aliphatic heterocycles. The average molecular weight is 371 g/mol. The molecule has 2 aromatic heterocycles. The molecule has 26 heavy (non-hydrogen) atoms. The molecule has 3 heterocycles. The van der Waals surface area contributed by atoms with Crippen LogP contribution in [0.4, 0.5) is 4.79 Å². The highest BCUT2D eigenvalue weighted by atomic mass is 32.1. The van der Waals surface area contributed by atoms with E-state index in [2.05, 4.69) is 40.2 Å². The van der Waals surface area contributed by atoms with E-state index in [9.17, 15) is 4.79 Å². The van der Waals surface area contributed by atoms with Crippen molar-refractivity contribution >= 4 is 22.4 Å². The number of carbonyl (C=O) groups excluding carboxylic acids is 1. The molecule has 0 radical (unpaired) electrons. The second-order valence-corrected chi connectivity index (χ2v) is 7.31. The number of quaternary nitrogens is 1. The maximum absolute atomic E-state index is 11.9. The second kappa shape index (κ2) is 7.47. The number of nitrogens with zero attached hydrogens (tertiary/aromatic N) is 3. The number of piperazine rings is 1. The number of hydrogen-bond donors (Lipinski definition) is 1. The maximum atomic E-state index is 11.9. The minimum absolute atomic E-state index is 0.193. The van der Waals surface area contributed by atoms with Crippen LogP contribution in [0.25, 0.3) is 16.2 Å². The van der Waals surface area contributed by atoms with Crippen LogP contribution in [0.15, 0.2) is 41.9 Å². The van der Waals surface area contributed by atoms with E-state index in [-0.39, 0.29) is 6.09 Å². The standard InChI is InChI=1S/C19H22N4O2S/c1-2-25-19(24)22-10-8-21(9-11-22)14-16-17(15-6-4-3-5-7-15)20-18-23(16)12-13-26-18/h3-7,12-13H,2,8-11,14H2,1H3/p+1. The van der Waals surface area contributed by atoms with Gasteiger partial charge in [0.05, 0.1) is 38.5 Å². The number of thiazole rings is 1. The molecule has 0 saturated carbocycles. The Labute approximate surface area is 156 Å². The van der Waals surface area contributed by atoms with E-state index in [1.165, 1.54) is 10.6 Å². The lowest BCUT2D eigenvalue weighted by Gasteiger charge is -2.31. The van der Waals surface area contributed by atoms with Gasteiger partial charge in [0, 0.05) is 17.1 Å². The van der Waals surface area contributed by atoms with Crippen LogP contribution in [0.1, 0.15) is 12.6 Å². The molecule has 0 unspecified atom stereocenters. The van der Waals surface area contributed by atoms with Crippen molar-refractivity contribution in [1.29, 1.82) is 0 Å². The van der Waals surface area contributed by atoms with Crippen molar-refractivity contribution in [1.82, 2.24) is 14.3 Å². The number of amides is 1. The summed E-state index contributed by atoms with van der Waals surface area (Å²) in [6.07, 6.45) is 1.91. The van der Waals surface area contributed by atoms with Crippen LogP contribution >= 0.6 is 11.3 Å². The summed E-state index contributed by atoms with van der Waals surface area (Å²) >= 11 is 1.66. The van der Waals surface area contributed by atoms with Crippen LogP contribution in [0, 0.1) is 0 Å². The molecule has 0 bridgehead atoms. The highest BCUT2D eigenvalue weighted by Crippen LogP contribution is 2.26. The summed E-state index contributed by atoms with van der Waals surface area (Å²) in [7, 11) is 0. The van der Waals surface area contributed by atoms with Crippen LogP contribution in [0.5, 0.6) is 0 Å². The van der Waals surface area contributed by atoms with Crippen LogP contribution < -0.4 is 4.90 Å². The molecule has 1 N–H and O–H groups in total. The van der Waals surface area contributed by atoms with Crippen molar-refractivity contribution < 1.29 is 14.4 Å². The van der Waals surface area contributed by atoms with E-state index in [4.69, 9.17) is 9.72 Å². The summed E-state index contributed by atoms with van der Waals surface area (Å²) in [4.78, 5) is 21.0. The van der Waals surface area contributed by atoms with Crippen molar-refractivity contribution in [2.45, 2.75) is 13.5 Å². The highest BCUT2D eigenvalue weighted by Gasteiger charge is 2.27. The molecular formula is C19H23N4O2S+. The number of carbonyl (C=O) groups is 1. The minimum Gasteiger partial charge on any atom is -0.450 e.